The van der Waals surface area contributed by atoms with Gasteiger partial charge in [0.2, 0.25) is 0 Å². The molecule has 2 aromatic rings. The van der Waals surface area contributed by atoms with Gasteiger partial charge in [-0.3, -0.25) is 4.68 Å². The maximum absolute atomic E-state index is 10.2. The molecule has 0 bridgehead atoms. The Kier molecular flexibility index (Phi) is 3.50. The standard InChI is InChI=1S/C15H19BrN2O2/c1-15(19)5-3-4-11(8-15)18-9-10-6-12(16)14(20-2)7-13(10)17-18/h6-7,9,11,19H,3-5,8H2,1-2H3. The molecular weight excluding hydrogens is 320 g/mol. The van der Waals surface area contributed by atoms with Crippen molar-refractivity contribution in [3.05, 3.63) is 22.8 Å². The van der Waals surface area contributed by atoms with Crippen LogP contribution in [0.4, 0.5) is 0 Å². The molecule has 2 unspecified atom stereocenters. The third-order valence-corrected chi connectivity index (χ3v) is 4.72. The van der Waals surface area contributed by atoms with E-state index in [0.29, 0.717) is 0 Å². The van der Waals surface area contributed by atoms with Crippen LogP contribution in [0.2, 0.25) is 0 Å². The minimum atomic E-state index is -0.570. The van der Waals surface area contributed by atoms with Crippen LogP contribution in [0.15, 0.2) is 22.8 Å². The Morgan fingerprint density at radius 2 is 2.30 bits per heavy atom. The molecule has 1 heterocycles. The van der Waals surface area contributed by atoms with E-state index < -0.39 is 5.60 Å². The van der Waals surface area contributed by atoms with Crippen LogP contribution in [0.5, 0.6) is 5.75 Å². The third kappa shape index (κ3) is 2.56. The van der Waals surface area contributed by atoms with Crippen LogP contribution in [0.25, 0.3) is 10.9 Å². The van der Waals surface area contributed by atoms with Gasteiger partial charge in [-0.1, -0.05) is 0 Å². The van der Waals surface area contributed by atoms with Crippen molar-refractivity contribution in [2.24, 2.45) is 0 Å². The number of aliphatic hydroxyl groups is 1. The number of nitrogens with zero attached hydrogens (tertiary/aromatic N) is 2. The molecule has 0 amide bonds. The van der Waals surface area contributed by atoms with Crippen LogP contribution in [0.3, 0.4) is 0 Å². The van der Waals surface area contributed by atoms with E-state index in [4.69, 9.17) is 4.74 Å². The predicted molar refractivity (Wildman–Crippen MR) is 82.1 cm³/mol. The number of hydrogen-bond donors (Lipinski definition) is 1. The molecule has 0 spiro atoms. The summed E-state index contributed by atoms with van der Waals surface area (Å²) < 4.78 is 8.24. The Morgan fingerprint density at radius 1 is 1.50 bits per heavy atom. The first kappa shape index (κ1) is 13.9. The summed E-state index contributed by atoms with van der Waals surface area (Å²) in [5.74, 6) is 0.790. The fourth-order valence-electron chi connectivity index (χ4n) is 3.04. The predicted octanol–water partition coefficient (Wildman–Crippen LogP) is 3.67. The summed E-state index contributed by atoms with van der Waals surface area (Å²) in [5.41, 5.74) is 0.356. The minimum Gasteiger partial charge on any atom is -0.495 e. The molecule has 1 fully saturated rings. The lowest BCUT2D eigenvalue weighted by atomic mass is 9.83. The van der Waals surface area contributed by atoms with Gasteiger partial charge in [0.15, 0.2) is 0 Å². The van der Waals surface area contributed by atoms with Crippen LogP contribution in [-0.2, 0) is 0 Å². The Balaban J connectivity index is 1.96. The number of fused-ring (bicyclic) bond motifs is 1. The number of rotatable bonds is 2. The zero-order chi connectivity index (χ0) is 14.3. The van der Waals surface area contributed by atoms with E-state index in [1.165, 1.54) is 0 Å². The van der Waals surface area contributed by atoms with Crippen LogP contribution in [0, 0.1) is 0 Å². The number of halogens is 1. The highest BCUT2D eigenvalue weighted by atomic mass is 79.9. The summed E-state index contributed by atoms with van der Waals surface area (Å²) >= 11 is 3.50. The highest BCUT2D eigenvalue weighted by Crippen LogP contribution is 2.36. The summed E-state index contributed by atoms with van der Waals surface area (Å²) in [7, 11) is 1.65. The average Bonchev–Trinajstić information content (AvgIpc) is 2.79. The van der Waals surface area contributed by atoms with Crippen molar-refractivity contribution in [2.45, 2.75) is 44.2 Å². The SMILES string of the molecule is COc1cc2nn(C3CCCC(C)(O)C3)cc2cc1Br. The van der Waals surface area contributed by atoms with E-state index in [2.05, 4.69) is 27.2 Å². The smallest absolute Gasteiger partial charge is 0.135 e. The first-order chi connectivity index (χ1) is 9.48. The molecule has 20 heavy (non-hydrogen) atoms. The lowest BCUT2D eigenvalue weighted by molar-refractivity contribution is 0.00192. The first-order valence-corrected chi connectivity index (χ1v) is 7.72. The molecule has 1 aliphatic carbocycles. The third-order valence-electron chi connectivity index (χ3n) is 4.10. The number of hydrogen-bond acceptors (Lipinski definition) is 3. The number of benzene rings is 1. The molecule has 1 aromatic carbocycles. The second-order valence-corrected chi connectivity index (χ2v) is 6.76. The summed E-state index contributed by atoms with van der Waals surface area (Å²) in [5, 5.41) is 16.0. The second-order valence-electron chi connectivity index (χ2n) is 5.90. The average molecular weight is 339 g/mol. The van der Waals surface area contributed by atoms with Crippen LogP contribution < -0.4 is 4.74 Å². The molecule has 0 radical (unpaired) electrons. The fourth-order valence-corrected chi connectivity index (χ4v) is 3.57. The lowest BCUT2D eigenvalue weighted by Crippen LogP contribution is -2.33. The first-order valence-electron chi connectivity index (χ1n) is 6.93. The van der Waals surface area contributed by atoms with Crippen molar-refractivity contribution in [1.29, 1.82) is 0 Å². The van der Waals surface area contributed by atoms with E-state index in [-0.39, 0.29) is 6.04 Å². The Hall–Kier alpha value is -1.07. The van der Waals surface area contributed by atoms with E-state index in [0.717, 1.165) is 46.8 Å². The quantitative estimate of drug-likeness (QED) is 0.908. The van der Waals surface area contributed by atoms with Crippen molar-refractivity contribution in [2.75, 3.05) is 7.11 Å². The van der Waals surface area contributed by atoms with E-state index in [9.17, 15) is 5.11 Å². The van der Waals surface area contributed by atoms with Crippen LogP contribution >= 0.6 is 15.9 Å². The van der Waals surface area contributed by atoms with E-state index in [1.54, 1.807) is 7.11 Å². The van der Waals surface area contributed by atoms with Gasteiger partial charge in [-0.25, -0.2) is 0 Å². The fraction of sp³-hybridized carbons (Fsp3) is 0.533. The van der Waals surface area contributed by atoms with Gasteiger partial charge in [0.05, 0.1) is 28.7 Å². The molecule has 5 heteroatoms. The van der Waals surface area contributed by atoms with Crippen LogP contribution in [0.1, 0.15) is 38.6 Å². The van der Waals surface area contributed by atoms with Gasteiger partial charge < -0.3 is 9.84 Å². The molecule has 0 aliphatic heterocycles. The Bertz CT molecular complexity index is 636. The minimum absolute atomic E-state index is 0.274. The molecule has 0 saturated heterocycles. The monoisotopic (exact) mass is 338 g/mol. The number of ether oxygens (including phenoxy) is 1. The van der Waals surface area contributed by atoms with Crippen molar-refractivity contribution in [3.8, 4) is 5.75 Å². The number of aromatic nitrogens is 2. The van der Waals surface area contributed by atoms with Crippen LogP contribution in [-0.4, -0.2) is 27.6 Å². The second kappa shape index (κ2) is 5.04. The highest BCUT2D eigenvalue weighted by molar-refractivity contribution is 9.10. The molecule has 1 N–H and O–H groups in total. The van der Waals surface area contributed by atoms with E-state index >= 15 is 0 Å². The Morgan fingerprint density at radius 3 is 3.00 bits per heavy atom. The maximum Gasteiger partial charge on any atom is 0.135 e. The molecule has 2 atom stereocenters. The molecule has 108 valence electrons. The summed E-state index contributed by atoms with van der Waals surface area (Å²) in [6, 6.07) is 4.24. The molecule has 1 aliphatic rings. The van der Waals surface area contributed by atoms with Gasteiger partial charge in [-0.05, 0) is 54.6 Å². The topological polar surface area (TPSA) is 47.3 Å². The van der Waals surface area contributed by atoms with Gasteiger partial charge in [0.1, 0.15) is 5.75 Å². The zero-order valence-corrected chi connectivity index (χ0v) is 13.4. The van der Waals surface area contributed by atoms with Gasteiger partial charge >= 0.3 is 0 Å². The number of methoxy groups -OCH3 is 1. The summed E-state index contributed by atoms with van der Waals surface area (Å²) in [6.45, 7) is 1.92. The highest BCUT2D eigenvalue weighted by Gasteiger charge is 2.31. The van der Waals surface area contributed by atoms with Crippen molar-refractivity contribution >= 4 is 26.8 Å². The maximum atomic E-state index is 10.2. The largest absolute Gasteiger partial charge is 0.495 e. The molecule has 3 rings (SSSR count). The Labute approximate surface area is 126 Å². The van der Waals surface area contributed by atoms with Crippen molar-refractivity contribution in [3.63, 3.8) is 0 Å². The lowest BCUT2D eigenvalue weighted by Gasteiger charge is -2.33. The normalized spacial score (nSPS) is 26.9. The van der Waals surface area contributed by atoms with E-state index in [1.807, 2.05) is 23.7 Å². The molecule has 4 nitrogen and oxygen atoms in total. The summed E-state index contributed by atoms with van der Waals surface area (Å²) in [6.07, 6.45) is 5.82. The molecule has 1 saturated carbocycles. The van der Waals surface area contributed by atoms with Gasteiger partial charge in [-0.15, -0.1) is 0 Å². The van der Waals surface area contributed by atoms with Crippen molar-refractivity contribution < 1.29 is 9.84 Å². The van der Waals surface area contributed by atoms with Gasteiger partial charge in [0, 0.05) is 17.6 Å². The molecular formula is C15H19BrN2O2. The molecule has 1 aromatic heterocycles. The van der Waals surface area contributed by atoms with Crippen molar-refractivity contribution in [1.82, 2.24) is 9.78 Å². The zero-order valence-electron chi connectivity index (χ0n) is 11.8. The summed E-state index contributed by atoms with van der Waals surface area (Å²) in [4.78, 5) is 0. The van der Waals surface area contributed by atoms with Gasteiger partial charge in [0.25, 0.3) is 0 Å². The van der Waals surface area contributed by atoms with Gasteiger partial charge in [-0.2, -0.15) is 5.10 Å².